The minimum Gasteiger partial charge on any atom is -0.377 e. The maximum Gasteiger partial charge on any atom is 0.165 e. The minimum atomic E-state index is -0.253. The van der Waals surface area contributed by atoms with E-state index < -0.39 is 0 Å². The molecule has 1 atom stereocenters. The SMILES string of the molecule is Fc1ccc(Cn2nnnc2CN(Cc2ccc(Cl)cc2)CC2CCCO2)cc1. The lowest BCUT2D eigenvalue weighted by Gasteiger charge is -2.25. The predicted molar refractivity (Wildman–Crippen MR) is 108 cm³/mol. The van der Waals surface area contributed by atoms with Crippen molar-refractivity contribution in [2.24, 2.45) is 0 Å². The lowest BCUT2D eigenvalue weighted by molar-refractivity contribution is 0.0665. The Labute approximate surface area is 174 Å². The van der Waals surface area contributed by atoms with E-state index in [1.165, 1.54) is 17.7 Å². The normalized spacial score (nSPS) is 16.6. The largest absolute Gasteiger partial charge is 0.377 e. The third-order valence-electron chi connectivity index (χ3n) is 5.02. The predicted octanol–water partition coefficient (Wildman–Crippen LogP) is 3.70. The Bertz CT molecular complexity index is 910. The highest BCUT2D eigenvalue weighted by Crippen LogP contribution is 2.18. The fourth-order valence-corrected chi connectivity index (χ4v) is 3.66. The molecule has 3 aromatic rings. The number of hydrogen-bond acceptors (Lipinski definition) is 5. The van der Waals surface area contributed by atoms with Gasteiger partial charge >= 0.3 is 0 Å². The van der Waals surface area contributed by atoms with Crippen molar-refractivity contribution in [1.29, 1.82) is 0 Å². The van der Waals surface area contributed by atoms with Gasteiger partial charge in [0.05, 0.1) is 19.2 Å². The Kier molecular flexibility index (Phi) is 6.49. The van der Waals surface area contributed by atoms with Gasteiger partial charge in [0.25, 0.3) is 0 Å². The maximum atomic E-state index is 13.2. The molecule has 0 N–H and O–H groups in total. The van der Waals surface area contributed by atoms with Crippen LogP contribution < -0.4 is 0 Å². The molecule has 4 rings (SSSR count). The van der Waals surface area contributed by atoms with Crippen LogP contribution in [-0.4, -0.2) is 44.4 Å². The quantitative estimate of drug-likeness (QED) is 0.561. The first kappa shape index (κ1) is 19.9. The van der Waals surface area contributed by atoms with Crippen molar-refractivity contribution in [3.63, 3.8) is 0 Å². The number of halogens is 2. The first-order valence-electron chi connectivity index (χ1n) is 9.73. The highest BCUT2D eigenvalue weighted by Gasteiger charge is 2.21. The van der Waals surface area contributed by atoms with Crippen molar-refractivity contribution >= 4 is 11.6 Å². The van der Waals surface area contributed by atoms with Crippen LogP contribution in [-0.2, 0) is 24.4 Å². The number of benzene rings is 2. The molecular weight excluding hydrogens is 393 g/mol. The molecule has 1 unspecified atom stereocenters. The zero-order valence-electron chi connectivity index (χ0n) is 16.0. The number of tetrazole rings is 1. The molecule has 29 heavy (non-hydrogen) atoms. The van der Waals surface area contributed by atoms with Gasteiger partial charge in [-0.25, -0.2) is 9.07 Å². The van der Waals surface area contributed by atoms with E-state index >= 15 is 0 Å². The van der Waals surface area contributed by atoms with Gasteiger partial charge in [-0.15, -0.1) is 5.10 Å². The smallest absolute Gasteiger partial charge is 0.165 e. The third-order valence-corrected chi connectivity index (χ3v) is 5.27. The molecular formula is C21H23ClFN5O. The molecule has 1 aliphatic rings. The average molecular weight is 416 g/mol. The van der Waals surface area contributed by atoms with Crippen molar-refractivity contribution in [2.45, 2.75) is 38.6 Å². The molecule has 2 heterocycles. The number of ether oxygens (including phenoxy) is 1. The molecule has 0 saturated carbocycles. The molecule has 152 valence electrons. The van der Waals surface area contributed by atoms with Crippen LogP contribution in [0.15, 0.2) is 48.5 Å². The summed E-state index contributed by atoms with van der Waals surface area (Å²) >= 11 is 6.02. The van der Waals surface area contributed by atoms with Gasteiger partial charge in [0, 0.05) is 24.7 Å². The molecule has 0 aliphatic carbocycles. The summed E-state index contributed by atoms with van der Waals surface area (Å²) in [6, 6.07) is 14.3. The Morgan fingerprint density at radius 3 is 2.55 bits per heavy atom. The van der Waals surface area contributed by atoms with Gasteiger partial charge in [0.2, 0.25) is 0 Å². The third kappa shape index (κ3) is 5.59. The van der Waals surface area contributed by atoms with Gasteiger partial charge < -0.3 is 4.74 Å². The van der Waals surface area contributed by atoms with E-state index in [2.05, 4.69) is 20.4 Å². The molecule has 0 bridgehead atoms. The standard InChI is InChI=1S/C21H23ClFN5O/c22-18-7-3-16(4-8-18)12-27(14-20-2-1-11-29-20)15-21-24-25-26-28(21)13-17-5-9-19(23)10-6-17/h3-10,20H,1-2,11-15H2. The Morgan fingerprint density at radius 1 is 1.07 bits per heavy atom. The van der Waals surface area contributed by atoms with E-state index in [0.717, 1.165) is 48.9 Å². The van der Waals surface area contributed by atoms with Crippen LogP contribution in [0.2, 0.25) is 5.02 Å². The Hall–Kier alpha value is -2.35. The van der Waals surface area contributed by atoms with Crippen molar-refractivity contribution < 1.29 is 9.13 Å². The van der Waals surface area contributed by atoms with E-state index in [4.69, 9.17) is 16.3 Å². The second-order valence-electron chi connectivity index (χ2n) is 7.31. The van der Waals surface area contributed by atoms with Crippen LogP contribution in [0.25, 0.3) is 0 Å². The van der Waals surface area contributed by atoms with E-state index in [9.17, 15) is 4.39 Å². The van der Waals surface area contributed by atoms with Crippen molar-refractivity contribution in [3.05, 3.63) is 76.3 Å². The van der Waals surface area contributed by atoms with Crippen LogP contribution in [0.3, 0.4) is 0 Å². The summed E-state index contributed by atoms with van der Waals surface area (Å²) in [7, 11) is 0. The first-order chi connectivity index (χ1) is 14.2. The summed E-state index contributed by atoms with van der Waals surface area (Å²) in [5, 5.41) is 12.9. The van der Waals surface area contributed by atoms with Crippen LogP contribution in [0.1, 0.15) is 29.8 Å². The van der Waals surface area contributed by atoms with E-state index in [1.54, 1.807) is 16.8 Å². The van der Waals surface area contributed by atoms with Crippen molar-refractivity contribution in [1.82, 2.24) is 25.1 Å². The molecule has 0 spiro atoms. The number of aromatic nitrogens is 4. The lowest BCUT2D eigenvalue weighted by Crippen LogP contribution is -2.32. The minimum absolute atomic E-state index is 0.226. The van der Waals surface area contributed by atoms with E-state index in [-0.39, 0.29) is 11.9 Å². The van der Waals surface area contributed by atoms with E-state index in [0.29, 0.717) is 13.1 Å². The van der Waals surface area contributed by atoms with Crippen molar-refractivity contribution in [2.75, 3.05) is 13.2 Å². The molecule has 8 heteroatoms. The highest BCUT2D eigenvalue weighted by atomic mass is 35.5. The molecule has 1 fully saturated rings. The second-order valence-corrected chi connectivity index (χ2v) is 7.75. The van der Waals surface area contributed by atoms with Gasteiger partial charge in [0.15, 0.2) is 5.82 Å². The van der Waals surface area contributed by atoms with Crippen LogP contribution in [0.5, 0.6) is 0 Å². The summed E-state index contributed by atoms with van der Waals surface area (Å²) in [5.74, 6) is 0.512. The monoisotopic (exact) mass is 415 g/mol. The first-order valence-corrected chi connectivity index (χ1v) is 10.1. The Morgan fingerprint density at radius 2 is 1.83 bits per heavy atom. The molecule has 1 aromatic heterocycles. The molecule has 2 aromatic carbocycles. The summed E-state index contributed by atoms with van der Waals surface area (Å²) in [5.41, 5.74) is 2.12. The number of nitrogens with zero attached hydrogens (tertiary/aromatic N) is 5. The van der Waals surface area contributed by atoms with Gasteiger partial charge in [-0.05, 0) is 58.7 Å². The zero-order chi connectivity index (χ0) is 20.1. The van der Waals surface area contributed by atoms with Gasteiger partial charge in [0.1, 0.15) is 5.82 Å². The zero-order valence-corrected chi connectivity index (χ0v) is 16.8. The molecule has 6 nitrogen and oxygen atoms in total. The highest BCUT2D eigenvalue weighted by molar-refractivity contribution is 6.30. The van der Waals surface area contributed by atoms with Gasteiger partial charge in [-0.1, -0.05) is 35.9 Å². The average Bonchev–Trinajstić information content (AvgIpc) is 3.38. The number of rotatable bonds is 8. The van der Waals surface area contributed by atoms with Crippen LogP contribution in [0.4, 0.5) is 4.39 Å². The van der Waals surface area contributed by atoms with Gasteiger partial charge in [-0.2, -0.15) is 0 Å². The molecule has 1 saturated heterocycles. The van der Waals surface area contributed by atoms with Crippen LogP contribution in [0, 0.1) is 5.82 Å². The molecule has 1 aliphatic heterocycles. The fourth-order valence-electron chi connectivity index (χ4n) is 3.53. The van der Waals surface area contributed by atoms with Gasteiger partial charge in [-0.3, -0.25) is 4.90 Å². The van der Waals surface area contributed by atoms with Crippen LogP contribution >= 0.6 is 11.6 Å². The maximum absolute atomic E-state index is 13.2. The summed E-state index contributed by atoms with van der Waals surface area (Å²) < 4.78 is 20.8. The van der Waals surface area contributed by atoms with Crippen molar-refractivity contribution in [3.8, 4) is 0 Å². The summed E-state index contributed by atoms with van der Waals surface area (Å²) in [6.45, 7) is 3.47. The van der Waals surface area contributed by atoms with E-state index in [1.807, 2.05) is 24.3 Å². The summed E-state index contributed by atoms with van der Waals surface area (Å²) in [6.07, 6.45) is 2.39. The Balaban J connectivity index is 1.48. The molecule has 0 radical (unpaired) electrons. The lowest BCUT2D eigenvalue weighted by atomic mass is 10.2. The fraction of sp³-hybridized carbons (Fsp3) is 0.381. The second kappa shape index (κ2) is 9.43. The number of hydrogen-bond donors (Lipinski definition) is 0. The summed E-state index contributed by atoms with van der Waals surface area (Å²) in [4.78, 5) is 2.30. The topological polar surface area (TPSA) is 56.1 Å². The molecule has 0 amide bonds.